The monoisotopic (exact) mass is 482 g/mol. The van der Waals surface area contributed by atoms with Crippen LogP contribution in [-0.2, 0) is 20.8 Å². The quantitative estimate of drug-likeness (QED) is 0.673. The highest BCUT2D eigenvalue weighted by molar-refractivity contribution is 6.00. The molecule has 188 valence electrons. The fourth-order valence-electron chi connectivity index (χ4n) is 5.51. The van der Waals surface area contributed by atoms with Crippen LogP contribution in [0.15, 0.2) is 36.5 Å². The Bertz CT molecular complexity index is 1050. The molecule has 3 aliphatic rings. The van der Waals surface area contributed by atoms with Crippen LogP contribution in [0.4, 0.5) is 27.3 Å². The van der Waals surface area contributed by atoms with Gasteiger partial charge in [0.25, 0.3) is 0 Å². The van der Waals surface area contributed by atoms with E-state index in [9.17, 15) is 9.18 Å². The summed E-state index contributed by atoms with van der Waals surface area (Å²) in [6.07, 6.45) is 2.56. The Morgan fingerprint density at radius 1 is 1.31 bits per heavy atom. The van der Waals surface area contributed by atoms with Crippen molar-refractivity contribution < 1.29 is 18.7 Å². The first-order valence-electron chi connectivity index (χ1n) is 12.8. The molecule has 1 aromatic carbocycles. The van der Waals surface area contributed by atoms with Gasteiger partial charge in [-0.15, -0.1) is 0 Å². The van der Waals surface area contributed by atoms with E-state index >= 15 is 0 Å². The molecule has 2 aliphatic heterocycles. The number of hydrogen-bond acceptors (Lipinski definition) is 6. The number of benzene rings is 1. The Labute approximate surface area is 206 Å². The molecule has 2 aromatic rings. The van der Waals surface area contributed by atoms with Gasteiger partial charge in [0.05, 0.1) is 30.6 Å². The van der Waals surface area contributed by atoms with Crippen LogP contribution in [-0.4, -0.2) is 55.6 Å². The second kappa shape index (κ2) is 10.5. The van der Waals surface area contributed by atoms with Crippen molar-refractivity contribution in [3.8, 4) is 0 Å². The number of aromatic nitrogens is 1. The third-order valence-electron chi connectivity index (χ3n) is 7.36. The van der Waals surface area contributed by atoms with Crippen molar-refractivity contribution in [2.75, 3.05) is 41.5 Å². The van der Waals surface area contributed by atoms with Gasteiger partial charge in [-0.3, -0.25) is 4.79 Å². The third kappa shape index (κ3) is 5.00. The van der Waals surface area contributed by atoms with Crippen LogP contribution in [0.2, 0.25) is 0 Å². The van der Waals surface area contributed by atoms with Crippen LogP contribution in [0.3, 0.4) is 0 Å². The largest absolute Gasteiger partial charge is 0.379 e. The zero-order valence-electron chi connectivity index (χ0n) is 20.6. The van der Waals surface area contributed by atoms with E-state index in [0.717, 1.165) is 48.0 Å². The fraction of sp³-hybridized carbons (Fsp3) is 0.556. The summed E-state index contributed by atoms with van der Waals surface area (Å²) in [4.78, 5) is 22.6. The lowest BCUT2D eigenvalue weighted by atomic mass is 9.85. The standard InChI is InChI=1S/C27H35FN4O3/c1-3-35-25-10-7-19(14-22(25)28)27(33)32-16-20-6-4-11-29-26(20)30-23-9-8-21(15-24(23)32)31-12-5-13-34-17-18(31)2/h4,6,8-9,11,15,18-19,22,25H,3,5,7,10,12-14,16-17H2,1-2H3,(H,29,30)/t18-,19+,22-,25-/m0/s1. The summed E-state index contributed by atoms with van der Waals surface area (Å²) in [6.45, 7) is 7.26. The van der Waals surface area contributed by atoms with Crippen LogP contribution in [0, 0.1) is 5.92 Å². The predicted octanol–water partition coefficient (Wildman–Crippen LogP) is 4.83. The molecule has 0 spiro atoms. The molecule has 7 nitrogen and oxygen atoms in total. The number of amides is 1. The number of carbonyl (C=O) groups excluding carboxylic acids is 1. The lowest BCUT2D eigenvalue weighted by Crippen LogP contribution is -2.42. The summed E-state index contributed by atoms with van der Waals surface area (Å²) in [6, 6.07) is 10.3. The molecule has 0 unspecified atom stereocenters. The summed E-state index contributed by atoms with van der Waals surface area (Å²) in [5.41, 5.74) is 3.64. The maximum atomic E-state index is 14.9. The van der Waals surface area contributed by atoms with E-state index < -0.39 is 12.3 Å². The van der Waals surface area contributed by atoms with Crippen LogP contribution >= 0.6 is 0 Å². The number of ether oxygens (including phenoxy) is 2. The van der Waals surface area contributed by atoms with Gasteiger partial charge < -0.3 is 24.6 Å². The second-order valence-electron chi connectivity index (χ2n) is 9.75. The molecule has 0 radical (unpaired) electrons. The SMILES string of the molecule is CCO[C@H]1CC[C@@H](C(=O)N2Cc3cccnc3Nc3ccc(N4CCCOC[C@@H]4C)cc32)C[C@@H]1F. The van der Waals surface area contributed by atoms with Gasteiger partial charge in [-0.2, -0.15) is 0 Å². The van der Waals surface area contributed by atoms with Crippen molar-refractivity contribution in [1.29, 1.82) is 0 Å². The van der Waals surface area contributed by atoms with Crippen molar-refractivity contribution in [3.63, 3.8) is 0 Å². The van der Waals surface area contributed by atoms with Gasteiger partial charge in [-0.1, -0.05) is 6.07 Å². The smallest absolute Gasteiger partial charge is 0.230 e. The van der Waals surface area contributed by atoms with Crippen molar-refractivity contribution in [1.82, 2.24) is 4.98 Å². The summed E-state index contributed by atoms with van der Waals surface area (Å²) in [5.74, 6) is 0.338. The van der Waals surface area contributed by atoms with Gasteiger partial charge in [-0.05, 0) is 63.8 Å². The Kier molecular flexibility index (Phi) is 7.20. The first-order valence-corrected chi connectivity index (χ1v) is 12.8. The molecule has 35 heavy (non-hydrogen) atoms. The zero-order valence-corrected chi connectivity index (χ0v) is 20.6. The van der Waals surface area contributed by atoms with Gasteiger partial charge >= 0.3 is 0 Å². The summed E-state index contributed by atoms with van der Waals surface area (Å²) in [7, 11) is 0. The van der Waals surface area contributed by atoms with Crippen molar-refractivity contribution in [3.05, 3.63) is 42.1 Å². The van der Waals surface area contributed by atoms with Gasteiger partial charge in [0, 0.05) is 49.2 Å². The lowest BCUT2D eigenvalue weighted by molar-refractivity contribution is -0.126. The summed E-state index contributed by atoms with van der Waals surface area (Å²) < 4.78 is 26.2. The highest BCUT2D eigenvalue weighted by atomic mass is 19.1. The van der Waals surface area contributed by atoms with Crippen molar-refractivity contribution in [2.24, 2.45) is 5.92 Å². The van der Waals surface area contributed by atoms with Gasteiger partial charge in [0.1, 0.15) is 12.0 Å². The summed E-state index contributed by atoms with van der Waals surface area (Å²) >= 11 is 0. The zero-order chi connectivity index (χ0) is 24.4. The maximum Gasteiger partial charge on any atom is 0.230 e. The van der Waals surface area contributed by atoms with Crippen molar-refractivity contribution >= 4 is 28.8 Å². The number of alkyl halides is 1. The van der Waals surface area contributed by atoms with Gasteiger partial charge in [-0.25, -0.2) is 9.37 Å². The topological polar surface area (TPSA) is 66.9 Å². The molecule has 1 aliphatic carbocycles. The first-order chi connectivity index (χ1) is 17.0. The van der Waals surface area contributed by atoms with E-state index in [1.54, 1.807) is 6.20 Å². The van der Waals surface area contributed by atoms with E-state index in [1.807, 2.05) is 30.0 Å². The first kappa shape index (κ1) is 24.0. The van der Waals surface area contributed by atoms with E-state index in [2.05, 4.69) is 34.3 Å². The third-order valence-corrected chi connectivity index (χ3v) is 7.36. The van der Waals surface area contributed by atoms with E-state index in [1.165, 1.54) is 0 Å². The highest BCUT2D eigenvalue weighted by Crippen LogP contribution is 2.40. The minimum absolute atomic E-state index is 0.0354. The molecule has 1 saturated heterocycles. The summed E-state index contributed by atoms with van der Waals surface area (Å²) in [5, 5.41) is 3.43. The van der Waals surface area contributed by atoms with Crippen LogP contribution < -0.4 is 15.1 Å². The highest BCUT2D eigenvalue weighted by Gasteiger charge is 2.38. The molecule has 8 heteroatoms. The molecule has 2 fully saturated rings. The number of nitrogens with zero attached hydrogens (tertiary/aromatic N) is 3. The molecular weight excluding hydrogens is 447 g/mol. The minimum Gasteiger partial charge on any atom is -0.379 e. The second-order valence-corrected chi connectivity index (χ2v) is 9.75. The lowest BCUT2D eigenvalue weighted by Gasteiger charge is -2.35. The number of hydrogen-bond donors (Lipinski definition) is 1. The number of fused-ring (bicyclic) bond motifs is 2. The van der Waals surface area contributed by atoms with Crippen molar-refractivity contribution in [2.45, 2.75) is 64.4 Å². The van der Waals surface area contributed by atoms with E-state index in [4.69, 9.17) is 9.47 Å². The Hall–Kier alpha value is -2.71. The molecule has 1 aromatic heterocycles. The molecule has 3 heterocycles. The average molecular weight is 483 g/mol. The number of anilines is 4. The Morgan fingerprint density at radius 2 is 2.20 bits per heavy atom. The number of halogens is 1. The van der Waals surface area contributed by atoms with Gasteiger partial charge in [0.2, 0.25) is 5.91 Å². The average Bonchev–Trinajstić information content (AvgIpc) is 3.18. The number of rotatable bonds is 4. The minimum atomic E-state index is -1.12. The molecule has 5 rings (SSSR count). The Balaban J connectivity index is 1.48. The fourth-order valence-corrected chi connectivity index (χ4v) is 5.51. The normalized spacial score (nSPS) is 26.7. The van der Waals surface area contributed by atoms with E-state index in [0.29, 0.717) is 32.6 Å². The van der Waals surface area contributed by atoms with Crippen LogP contribution in [0.5, 0.6) is 0 Å². The number of pyridine rings is 1. The molecule has 1 N–H and O–H groups in total. The molecule has 1 amide bonds. The Morgan fingerprint density at radius 3 is 3.03 bits per heavy atom. The van der Waals surface area contributed by atoms with Crippen LogP contribution in [0.25, 0.3) is 0 Å². The number of nitrogens with one attached hydrogen (secondary N) is 1. The van der Waals surface area contributed by atoms with E-state index in [-0.39, 0.29) is 24.3 Å². The van der Waals surface area contributed by atoms with Crippen LogP contribution in [0.1, 0.15) is 45.1 Å². The molecule has 4 atom stereocenters. The van der Waals surface area contributed by atoms with Gasteiger partial charge in [0.15, 0.2) is 0 Å². The predicted molar refractivity (Wildman–Crippen MR) is 135 cm³/mol. The maximum absolute atomic E-state index is 14.9. The molecule has 1 saturated carbocycles. The molecule has 0 bridgehead atoms. The number of carbonyl (C=O) groups is 1. The molecular formula is C27H35FN4O3.